The molecule has 1 atom stereocenters. The number of H-pyrrole nitrogens is 2. The Kier molecular flexibility index (Phi) is 2.72. The molecular formula is C16H17N5O2. The molecule has 1 aromatic carbocycles. The summed E-state index contributed by atoms with van der Waals surface area (Å²) in [5.74, 6) is 2.29. The number of aromatic amines is 2. The van der Waals surface area contributed by atoms with Crippen LogP contribution in [0.5, 0.6) is 0 Å². The highest BCUT2D eigenvalue weighted by Crippen LogP contribution is 2.38. The molecule has 0 saturated carbocycles. The average Bonchev–Trinajstić information content (AvgIpc) is 3.21. The van der Waals surface area contributed by atoms with Gasteiger partial charge in [-0.2, -0.15) is 4.98 Å². The van der Waals surface area contributed by atoms with E-state index < -0.39 is 0 Å². The van der Waals surface area contributed by atoms with Crippen LogP contribution in [0.15, 0.2) is 27.5 Å². The quantitative estimate of drug-likeness (QED) is 0.752. The molecule has 0 aliphatic carbocycles. The van der Waals surface area contributed by atoms with Gasteiger partial charge in [-0.05, 0) is 44.0 Å². The van der Waals surface area contributed by atoms with Crippen LogP contribution in [0.3, 0.4) is 0 Å². The lowest BCUT2D eigenvalue weighted by molar-refractivity contribution is 0.0825. The number of nitrogens with one attached hydrogen (secondary N) is 2. The fourth-order valence-electron chi connectivity index (χ4n) is 3.99. The molecule has 3 aromatic rings. The molecule has 6 rings (SSSR count). The molecule has 5 heterocycles. The van der Waals surface area contributed by atoms with Gasteiger partial charge in [-0.3, -0.25) is 0 Å². The van der Waals surface area contributed by atoms with Gasteiger partial charge in [0.15, 0.2) is 5.82 Å². The summed E-state index contributed by atoms with van der Waals surface area (Å²) in [6.07, 6.45) is 2.44. The number of hydrogen-bond acceptors (Lipinski definition) is 5. The van der Waals surface area contributed by atoms with E-state index in [0.29, 0.717) is 23.2 Å². The van der Waals surface area contributed by atoms with Crippen LogP contribution < -0.4 is 5.69 Å². The van der Waals surface area contributed by atoms with Crippen molar-refractivity contribution in [2.24, 2.45) is 5.92 Å². The third-order valence-corrected chi connectivity index (χ3v) is 5.21. The van der Waals surface area contributed by atoms with Crippen molar-refractivity contribution in [3.05, 3.63) is 34.5 Å². The summed E-state index contributed by atoms with van der Waals surface area (Å²) < 4.78 is 5.51. The van der Waals surface area contributed by atoms with Gasteiger partial charge in [0.1, 0.15) is 0 Å². The number of benzene rings is 1. The second-order valence-electron chi connectivity index (χ2n) is 6.51. The molecule has 0 amide bonds. The van der Waals surface area contributed by atoms with Crippen molar-refractivity contribution in [3.63, 3.8) is 0 Å². The lowest BCUT2D eigenvalue weighted by Gasteiger charge is -2.43. The van der Waals surface area contributed by atoms with Gasteiger partial charge in [-0.15, -0.1) is 0 Å². The van der Waals surface area contributed by atoms with Crippen LogP contribution >= 0.6 is 0 Å². The molecule has 2 bridgehead atoms. The summed E-state index contributed by atoms with van der Waals surface area (Å²) in [4.78, 5) is 24.2. The summed E-state index contributed by atoms with van der Waals surface area (Å²) in [5.41, 5.74) is 1.99. The third kappa shape index (κ3) is 2.03. The number of fused-ring (bicyclic) bond motifs is 4. The molecular weight excluding hydrogens is 294 g/mol. The highest BCUT2D eigenvalue weighted by atomic mass is 16.5. The highest BCUT2D eigenvalue weighted by Gasteiger charge is 2.37. The van der Waals surface area contributed by atoms with Crippen LogP contribution in [0.1, 0.15) is 24.6 Å². The lowest BCUT2D eigenvalue weighted by atomic mass is 9.79. The standard InChI is InChI=1S/C16H17N5O2/c22-16-17-12-3-1-2-10(13(12)18-16)15-19-14(20-23-15)11-8-21-6-4-9(11)5-7-21/h1-3,9,11H,4-8H2,(H2,17,18,22). The molecule has 3 saturated heterocycles. The Bertz CT molecular complexity index is 916. The molecule has 2 N–H and O–H groups in total. The first-order valence-electron chi connectivity index (χ1n) is 8.05. The van der Waals surface area contributed by atoms with Gasteiger partial charge < -0.3 is 19.4 Å². The molecule has 3 aliphatic rings. The topological polar surface area (TPSA) is 90.8 Å². The van der Waals surface area contributed by atoms with E-state index in [0.717, 1.165) is 23.4 Å². The number of rotatable bonds is 2. The van der Waals surface area contributed by atoms with Crippen molar-refractivity contribution < 1.29 is 4.52 Å². The van der Waals surface area contributed by atoms with Crippen LogP contribution in [0.2, 0.25) is 0 Å². The molecule has 23 heavy (non-hydrogen) atoms. The fourth-order valence-corrected chi connectivity index (χ4v) is 3.99. The molecule has 3 aliphatic heterocycles. The van der Waals surface area contributed by atoms with Crippen molar-refractivity contribution >= 4 is 11.0 Å². The lowest BCUT2D eigenvalue weighted by Crippen LogP contribution is -2.46. The van der Waals surface area contributed by atoms with Gasteiger partial charge in [0, 0.05) is 12.5 Å². The van der Waals surface area contributed by atoms with E-state index in [2.05, 4.69) is 25.0 Å². The molecule has 2 aromatic heterocycles. The number of hydrogen-bond donors (Lipinski definition) is 2. The van der Waals surface area contributed by atoms with Crippen LogP contribution in [0.4, 0.5) is 0 Å². The highest BCUT2D eigenvalue weighted by molar-refractivity contribution is 5.89. The van der Waals surface area contributed by atoms with E-state index in [9.17, 15) is 4.79 Å². The minimum Gasteiger partial charge on any atom is -0.334 e. The predicted molar refractivity (Wildman–Crippen MR) is 84.1 cm³/mol. The smallest absolute Gasteiger partial charge is 0.323 e. The zero-order valence-electron chi connectivity index (χ0n) is 12.6. The largest absolute Gasteiger partial charge is 0.334 e. The van der Waals surface area contributed by atoms with Gasteiger partial charge in [0.05, 0.1) is 16.6 Å². The van der Waals surface area contributed by atoms with Crippen molar-refractivity contribution in [1.82, 2.24) is 25.0 Å². The van der Waals surface area contributed by atoms with Gasteiger partial charge in [0.25, 0.3) is 5.89 Å². The Morgan fingerprint density at radius 3 is 2.87 bits per heavy atom. The predicted octanol–water partition coefficient (Wildman–Crippen LogP) is 1.72. The first-order chi connectivity index (χ1) is 11.3. The molecule has 1 unspecified atom stereocenters. The zero-order chi connectivity index (χ0) is 15.4. The molecule has 7 nitrogen and oxygen atoms in total. The number of aromatic nitrogens is 4. The zero-order valence-corrected chi connectivity index (χ0v) is 12.6. The van der Waals surface area contributed by atoms with E-state index in [-0.39, 0.29) is 5.69 Å². The summed E-state index contributed by atoms with van der Waals surface area (Å²) >= 11 is 0. The van der Waals surface area contributed by atoms with E-state index in [1.165, 1.54) is 25.9 Å². The molecule has 3 fully saturated rings. The number of para-hydroxylation sites is 1. The van der Waals surface area contributed by atoms with Crippen LogP contribution in [0.25, 0.3) is 22.5 Å². The summed E-state index contributed by atoms with van der Waals surface area (Å²) in [6, 6.07) is 5.61. The van der Waals surface area contributed by atoms with E-state index in [1.54, 1.807) is 0 Å². The maximum atomic E-state index is 11.5. The normalized spacial score (nSPS) is 26.9. The summed E-state index contributed by atoms with van der Waals surface area (Å²) in [7, 11) is 0. The molecule has 0 spiro atoms. The monoisotopic (exact) mass is 311 g/mol. The van der Waals surface area contributed by atoms with Gasteiger partial charge >= 0.3 is 5.69 Å². The van der Waals surface area contributed by atoms with Crippen molar-refractivity contribution in [2.45, 2.75) is 18.8 Å². The SMILES string of the molecule is O=c1[nH]c2cccc(-c3nc(C4CN5CCC4CC5)no3)c2[nH]1. The Morgan fingerprint density at radius 2 is 2.09 bits per heavy atom. The Hall–Kier alpha value is -2.41. The second-order valence-corrected chi connectivity index (χ2v) is 6.51. The van der Waals surface area contributed by atoms with E-state index in [4.69, 9.17) is 4.52 Å². The van der Waals surface area contributed by atoms with Gasteiger partial charge in [0.2, 0.25) is 0 Å². The fraction of sp³-hybridized carbons (Fsp3) is 0.438. The third-order valence-electron chi connectivity index (χ3n) is 5.21. The summed E-state index contributed by atoms with van der Waals surface area (Å²) in [5, 5.41) is 4.23. The van der Waals surface area contributed by atoms with Crippen molar-refractivity contribution in [1.29, 1.82) is 0 Å². The van der Waals surface area contributed by atoms with E-state index >= 15 is 0 Å². The molecule has 7 heteroatoms. The van der Waals surface area contributed by atoms with Crippen LogP contribution in [0, 0.1) is 5.92 Å². The average molecular weight is 311 g/mol. The van der Waals surface area contributed by atoms with Crippen LogP contribution in [-0.4, -0.2) is 44.6 Å². The number of nitrogens with zero attached hydrogens (tertiary/aromatic N) is 3. The Labute approximate surface area is 131 Å². The van der Waals surface area contributed by atoms with Crippen LogP contribution in [-0.2, 0) is 0 Å². The second kappa shape index (κ2) is 4.79. The van der Waals surface area contributed by atoms with Crippen molar-refractivity contribution in [2.75, 3.05) is 19.6 Å². The maximum absolute atomic E-state index is 11.5. The van der Waals surface area contributed by atoms with Crippen molar-refractivity contribution in [3.8, 4) is 11.5 Å². The maximum Gasteiger partial charge on any atom is 0.323 e. The number of imidazole rings is 1. The molecule has 118 valence electrons. The molecule has 0 radical (unpaired) electrons. The van der Waals surface area contributed by atoms with Gasteiger partial charge in [-0.1, -0.05) is 11.2 Å². The minimum atomic E-state index is -0.232. The first-order valence-corrected chi connectivity index (χ1v) is 8.05. The number of piperidine rings is 3. The Morgan fingerprint density at radius 1 is 1.22 bits per heavy atom. The van der Waals surface area contributed by atoms with E-state index in [1.807, 2.05) is 18.2 Å². The van der Waals surface area contributed by atoms with Gasteiger partial charge in [-0.25, -0.2) is 4.79 Å². The summed E-state index contributed by atoms with van der Waals surface area (Å²) in [6.45, 7) is 3.40. The Balaban J connectivity index is 1.55. The minimum absolute atomic E-state index is 0.232. The first kappa shape index (κ1) is 13.1.